The lowest BCUT2D eigenvalue weighted by molar-refractivity contribution is 0.0450. The molecule has 0 N–H and O–H groups in total. The van der Waals surface area contributed by atoms with Crippen LogP contribution in [0.4, 0.5) is 0 Å². The number of carbonyl (C=O) groups is 1. The number of pyridine rings is 1. The summed E-state index contributed by atoms with van der Waals surface area (Å²) in [6.45, 7) is 2.07. The Morgan fingerprint density at radius 2 is 1.42 bits per heavy atom. The minimum Gasteiger partial charge on any atom is -0.333 e. The van der Waals surface area contributed by atoms with Crippen molar-refractivity contribution in [1.29, 1.82) is 0 Å². The number of carbonyl (C=O) groups excluding carboxylic acids is 1. The lowest BCUT2D eigenvalue weighted by Gasteiger charge is -2.42. The van der Waals surface area contributed by atoms with Gasteiger partial charge in [-0.05, 0) is 56.4 Å². The van der Waals surface area contributed by atoms with Gasteiger partial charge in [-0.3, -0.25) is 4.79 Å². The fourth-order valence-electron chi connectivity index (χ4n) is 5.95. The first-order valence-electron chi connectivity index (χ1n) is 12.6. The fourth-order valence-corrected chi connectivity index (χ4v) is 6.07. The fraction of sp³-hybridized carbons (Fsp3) is 0.448. The zero-order chi connectivity index (χ0) is 22.8. The molecule has 1 amide bonds. The van der Waals surface area contributed by atoms with E-state index in [0.29, 0.717) is 17.1 Å². The average Bonchev–Trinajstić information content (AvgIpc) is 2.86. The zero-order valence-corrected chi connectivity index (χ0v) is 20.3. The Morgan fingerprint density at radius 1 is 0.848 bits per heavy atom. The molecule has 0 bridgehead atoms. The van der Waals surface area contributed by atoms with Crippen molar-refractivity contribution in [3.05, 3.63) is 64.7 Å². The number of para-hydroxylation sites is 1. The van der Waals surface area contributed by atoms with Gasteiger partial charge in [0, 0.05) is 28.1 Å². The second kappa shape index (κ2) is 9.85. The van der Waals surface area contributed by atoms with Crippen LogP contribution in [0.3, 0.4) is 0 Å². The van der Waals surface area contributed by atoms with Gasteiger partial charge in [0.25, 0.3) is 5.91 Å². The maximum Gasteiger partial charge on any atom is 0.255 e. The van der Waals surface area contributed by atoms with Crippen LogP contribution < -0.4 is 0 Å². The van der Waals surface area contributed by atoms with Crippen molar-refractivity contribution < 1.29 is 4.79 Å². The third-order valence-corrected chi connectivity index (χ3v) is 7.89. The molecule has 0 aliphatic heterocycles. The van der Waals surface area contributed by atoms with Crippen molar-refractivity contribution in [2.45, 2.75) is 83.2 Å². The molecule has 2 aliphatic rings. The summed E-state index contributed by atoms with van der Waals surface area (Å²) >= 11 is 6.15. The molecule has 3 aromatic rings. The first-order chi connectivity index (χ1) is 16.1. The quantitative estimate of drug-likeness (QED) is 0.395. The van der Waals surface area contributed by atoms with Gasteiger partial charge in [0.2, 0.25) is 0 Å². The van der Waals surface area contributed by atoms with Crippen molar-refractivity contribution in [1.82, 2.24) is 9.88 Å². The average molecular weight is 461 g/mol. The third-order valence-electron chi connectivity index (χ3n) is 7.64. The first-order valence-corrected chi connectivity index (χ1v) is 13.0. The van der Waals surface area contributed by atoms with Crippen LogP contribution in [0.1, 0.15) is 80.1 Å². The van der Waals surface area contributed by atoms with E-state index in [9.17, 15) is 4.79 Å². The molecule has 0 unspecified atom stereocenters. The summed E-state index contributed by atoms with van der Waals surface area (Å²) < 4.78 is 0. The summed E-state index contributed by atoms with van der Waals surface area (Å²) in [6.07, 6.45) is 12.0. The van der Waals surface area contributed by atoms with E-state index in [4.69, 9.17) is 16.6 Å². The molecule has 3 nitrogen and oxygen atoms in total. The molecule has 0 radical (unpaired) electrons. The Morgan fingerprint density at radius 3 is 2.03 bits per heavy atom. The molecule has 1 heterocycles. The monoisotopic (exact) mass is 460 g/mol. The van der Waals surface area contributed by atoms with Gasteiger partial charge >= 0.3 is 0 Å². The van der Waals surface area contributed by atoms with Gasteiger partial charge in [-0.15, -0.1) is 0 Å². The molecule has 0 saturated heterocycles. The van der Waals surface area contributed by atoms with E-state index in [-0.39, 0.29) is 5.91 Å². The van der Waals surface area contributed by atoms with Crippen molar-refractivity contribution in [3.63, 3.8) is 0 Å². The molecular weight excluding hydrogens is 428 g/mol. The van der Waals surface area contributed by atoms with E-state index in [2.05, 4.69) is 17.9 Å². The number of benzene rings is 2. The molecule has 2 aromatic carbocycles. The van der Waals surface area contributed by atoms with Crippen molar-refractivity contribution in [2.75, 3.05) is 0 Å². The Kier molecular flexibility index (Phi) is 6.69. The number of fused-ring (bicyclic) bond motifs is 1. The van der Waals surface area contributed by atoms with Gasteiger partial charge in [0.05, 0.1) is 16.8 Å². The molecule has 0 spiro atoms. The van der Waals surface area contributed by atoms with E-state index in [0.717, 1.165) is 59.0 Å². The van der Waals surface area contributed by atoms with E-state index >= 15 is 0 Å². The Bertz CT molecular complexity index is 1110. The SMILES string of the molecule is Cc1c(-c2ccc(Cl)cc2)nc2ccccc2c1C(=O)N(C1CCCCC1)C1CCCCC1. The molecule has 5 rings (SSSR count). The van der Waals surface area contributed by atoms with E-state index in [1.54, 1.807) is 0 Å². The maximum atomic E-state index is 14.5. The number of hydrogen-bond acceptors (Lipinski definition) is 2. The van der Waals surface area contributed by atoms with Crippen LogP contribution in [-0.2, 0) is 0 Å². The van der Waals surface area contributed by atoms with Crippen molar-refractivity contribution in [3.8, 4) is 11.3 Å². The molecule has 2 fully saturated rings. The third kappa shape index (κ3) is 4.53. The Balaban J connectivity index is 1.65. The standard InChI is InChI=1S/C29H33ClN2O/c1-20-27(29(33)32(23-10-4-2-5-11-23)24-12-6-3-7-13-24)25-14-8-9-15-26(25)31-28(20)21-16-18-22(30)19-17-21/h8-9,14-19,23-24H,2-7,10-13H2,1H3. The maximum absolute atomic E-state index is 14.5. The molecule has 1 aromatic heterocycles. The number of nitrogens with zero attached hydrogens (tertiary/aromatic N) is 2. The number of hydrogen-bond donors (Lipinski definition) is 0. The van der Waals surface area contributed by atoms with E-state index in [1.807, 2.05) is 42.5 Å². The van der Waals surface area contributed by atoms with Gasteiger partial charge in [-0.25, -0.2) is 4.98 Å². The molecule has 2 saturated carbocycles. The topological polar surface area (TPSA) is 33.2 Å². The lowest BCUT2D eigenvalue weighted by atomic mass is 9.87. The number of aromatic nitrogens is 1. The molecule has 2 aliphatic carbocycles. The highest BCUT2D eigenvalue weighted by molar-refractivity contribution is 6.30. The lowest BCUT2D eigenvalue weighted by Crippen LogP contribution is -2.49. The van der Waals surface area contributed by atoms with Gasteiger partial charge in [0.1, 0.15) is 0 Å². The Labute approximate surface area is 202 Å². The second-order valence-corrected chi connectivity index (χ2v) is 10.2. The summed E-state index contributed by atoms with van der Waals surface area (Å²) in [5.41, 5.74) is 4.56. The number of rotatable bonds is 4. The van der Waals surface area contributed by atoms with Crippen molar-refractivity contribution in [2.24, 2.45) is 0 Å². The van der Waals surface area contributed by atoms with Crippen LogP contribution in [0.5, 0.6) is 0 Å². The molecule has 33 heavy (non-hydrogen) atoms. The minimum atomic E-state index is 0.208. The predicted molar refractivity (Wildman–Crippen MR) is 137 cm³/mol. The Hall–Kier alpha value is -2.39. The molecule has 4 heteroatoms. The summed E-state index contributed by atoms with van der Waals surface area (Å²) in [6, 6.07) is 16.6. The van der Waals surface area contributed by atoms with Gasteiger partial charge in [-0.2, -0.15) is 0 Å². The van der Waals surface area contributed by atoms with Crippen LogP contribution in [0.2, 0.25) is 5.02 Å². The minimum absolute atomic E-state index is 0.208. The van der Waals surface area contributed by atoms with E-state index in [1.165, 1.54) is 38.5 Å². The van der Waals surface area contributed by atoms with Crippen LogP contribution >= 0.6 is 11.6 Å². The van der Waals surface area contributed by atoms with Gasteiger partial charge in [-0.1, -0.05) is 80.5 Å². The normalized spacial score (nSPS) is 17.9. The highest BCUT2D eigenvalue weighted by atomic mass is 35.5. The summed E-state index contributed by atoms with van der Waals surface area (Å²) in [5.74, 6) is 0.208. The largest absolute Gasteiger partial charge is 0.333 e. The van der Waals surface area contributed by atoms with Gasteiger partial charge < -0.3 is 4.90 Å². The highest BCUT2D eigenvalue weighted by Crippen LogP contribution is 2.36. The van der Waals surface area contributed by atoms with Crippen LogP contribution in [0.25, 0.3) is 22.2 Å². The summed E-state index contributed by atoms with van der Waals surface area (Å²) in [4.78, 5) is 21.8. The van der Waals surface area contributed by atoms with Crippen molar-refractivity contribution >= 4 is 28.4 Å². The van der Waals surface area contributed by atoms with E-state index < -0.39 is 0 Å². The van der Waals surface area contributed by atoms with Crippen LogP contribution in [0, 0.1) is 6.92 Å². The highest BCUT2D eigenvalue weighted by Gasteiger charge is 2.34. The molecular formula is C29H33ClN2O. The predicted octanol–water partition coefficient (Wildman–Crippen LogP) is 7.97. The number of amides is 1. The van der Waals surface area contributed by atoms with Crippen LogP contribution in [-0.4, -0.2) is 27.9 Å². The second-order valence-electron chi connectivity index (χ2n) is 9.78. The summed E-state index contributed by atoms with van der Waals surface area (Å²) in [5, 5.41) is 1.67. The molecule has 0 atom stereocenters. The summed E-state index contributed by atoms with van der Waals surface area (Å²) in [7, 11) is 0. The first kappa shape index (κ1) is 22.4. The van der Waals surface area contributed by atoms with Gasteiger partial charge in [0.15, 0.2) is 0 Å². The smallest absolute Gasteiger partial charge is 0.255 e. The zero-order valence-electron chi connectivity index (χ0n) is 19.5. The number of halogens is 1. The van der Waals surface area contributed by atoms with Crippen LogP contribution in [0.15, 0.2) is 48.5 Å². The molecule has 172 valence electrons.